The molecule has 0 bridgehead atoms. The normalized spacial score (nSPS) is 14.3. The van der Waals surface area contributed by atoms with Crippen molar-refractivity contribution in [3.63, 3.8) is 0 Å². The Bertz CT molecular complexity index is 904. The molecule has 3 nitrogen and oxygen atoms in total. The lowest BCUT2D eigenvalue weighted by atomic mass is 9.99. The third-order valence-electron chi connectivity index (χ3n) is 5.30. The van der Waals surface area contributed by atoms with E-state index in [-0.39, 0.29) is 11.0 Å². The Hall–Kier alpha value is -2.07. The zero-order chi connectivity index (χ0) is 19.4. The Labute approximate surface area is 163 Å². The van der Waals surface area contributed by atoms with E-state index < -0.39 is 9.84 Å². The van der Waals surface area contributed by atoms with Crippen molar-refractivity contribution in [1.29, 1.82) is 0 Å². The molecular weight excluding hydrogens is 354 g/mol. The molecule has 2 aromatic carbocycles. The lowest BCUT2D eigenvalue weighted by Crippen LogP contribution is -2.18. The summed E-state index contributed by atoms with van der Waals surface area (Å²) < 4.78 is 24.1. The quantitative estimate of drug-likeness (QED) is 0.662. The van der Waals surface area contributed by atoms with Crippen LogP contribution in [0.3, 0.4) is 0 Å². The van der Waals surface area contributed by atoms with Gasteiger partial charge in [-0.05, 0) is 68.0 Å². The Kier molecular flexibility index (Phi) is 6.05. The van der Waals surface area contributed by atoms with Gasteiger partial charge in [-0.2, -0.15) is 0 Å². The third-order valence-corrected chi connectivity index (χ3v) is 7.47. The molecule has 0 aliphatic carbocycles. The van der Waals surface area contributed by atoms with Gasteiger partial charge < -0.3 is 4.90 Å². The summed E-state index contributed by atoms with van der Waals surface area (Å²) in [5.41, 5.74) is 6.11. The number of nitrogens with zero attached hydrogens (tertiary/aromatic N) is 1. The van der Waals surface area contributed by atoms with Crippen molar-refractivity contribution in [2.24, 2.45) is 0 Å². The average molecular weight is 384 g/mol. The summed E-state index contributed by atoms with van der Waals surface area (Å²) in [6.45, 7) is 7.65. The fourth-order valence-corrected chi connectivity index (χ4v) is 4.32. The van der Waals surface area contributed by atoms with Crippen LogP contribution in [0.1, 0.15) is 36.1 Å². The second-order valence-electron chi connectivity index (χ2n) is 7.66. The zero-order valence-electron chi connectivity index (χ0n) is 16.5. The van der Waals surface area contributed by atoms with Crippen LogP contribution in [-0.4, -0.2) is 26.8 Å². The Balaban J connectivity index is 1.60. The van der Waals surface area contributed by atoms with Crippen LogP contribution in [0.2, 0.25) is 0 Å². The molecule has 0 amide bonds. The summed E-state index contributed by atoms with van der Waals surface area (Å²) in [6.07, 6.45) is 6.37. The summed E-state index contributed by atoms with van der Waals surface area (Å²) in [6, 6.07) is 14.8. The van der Waals surface area contributed by atoms with Gasteiger partial charge in [0.2, 0.25) is 0 Å². The number of rotatable bonds is 7. The highest BCUT2D eigenvalue weighted by molar-refractivity contribution is 7.91. The molecule has 2 aromatic rings. The maximum absolute atomic E-state index is 12.0. The molecule has 3 rings (SSSR count). The lowest BCUT2D eigenvalue weighted by molar-refractivity contribution is 0.586. The van der Waals surface area contributed by atoms with Crippen LogP contribution >= 0.6 is 0 Å². The molecule has 1 heterocycles. The monoisotopic (exact) mass is 383 g/mol. The second kappa shape index (κ2) is 8.30. The van der Waals surface area contributed by atoms with Gasteiger partial charge in [0.15, 0.2) is 9.84 Å². The lowest BCUT2D eigenvalue weighted by Gasteiger charge is -2.19. The van der Waals surface area contributed by atoms with Crippen molar-refractivity contribution in [3.8, 4) is 0 Å². The van der Waals surface area contributed by atoms with Crippen LogP contribution in [0.5, 0.6) is 0 Å². The Morgan fingerprint density at radius 3 is 2.15 bits per heavy atom. The molecule has 1 aliphatic rings. The van der Waals surface area contributed by atoms with Crippen molar-refractivity contribution in [1.82, 2.24) is 0 Å². The first-order valence-corrected chi connectivity index (χ1v) is 11.4. The van der Waals surface area contributed by atoms with Gasteiger partial charge in [0, 0.05) is 18.8 Å². The van der Waals surface area contributed by atoms with Crippen molar-refractivity contribution >= 4 is 15.5 Å². The minimum Gasteiger partial charge on any atom is -0.364 e. The SMILES string of the molecule is Cc1cc(N2CC=CC2)ccc1CCc1ccc(CS(=O)(=O)C(C)C)cc1. The van der Waals surface area contributed by atoms with E-state index in [1.165, 1.54) is 22.4 Å². The summed E-state index contributed by atoms with van der Waals surface area (Å²) in [5, 5.41) is -0.334. The highest BCUT2D eigenvalue weighted by Crippen LogP contribution is 2.22. The number of anilines is 1. The van der Waals surface area contributed by atoms with Crippen LogP contribution < -0.4 is 4.90 Å². The standard InChI is InChI=1S/C23H29NO2S/c1-18(2)27(25,26)17-21-8-6-20(7-9-21)10-11-22-12-13-23(16-19(22)3)24-14-4-5-15-24/h4-9,12-13,16,18H,10-11,14-15,17H2,1-3H3. The summed E-state index contributed by atoms with van der Waals surface area (Å²) in [4.78, 5) is 2.36. The topological polar surface area (TPSA) is 37.4 Å². The van der Waals surface area contributed by atoms with Gasteiger partial charge in [0.1, 0.15) is 0 Å². The van der Waals surface area contributed by atoms with Crippen molar-refractivity contribution in [2.75, 3.05) is 18.0 Å². The molecule has 0 aromatic heterocycles. The fraction of sp³-hybridized carbons (Fsp3) is 0.391. The minimum absolute atomic E-state index is 0.122. The molecule has 0 unspecified atom stereocenters. The number of hydrogen-bond donors (Lipinski definition) is 0. The molecule has 27 heavy (non-hydrogen) atoms. The van der Waals surface area contributed by atoms with E-state index in [1.807, 2.05) is 12.1 Å². The first kappa shape index (κ1) is 19.7. The van der Waals surface area contributed by atoms with E-state index >= 15 is 0 Å². The molecule has 144 valence electrons. The van der Waals surface area contributed by atoms with Gasteiger partial charge in [0.25, 0.3) is 0 Å². The van der Waals surface area contributed by atoms with E-state index in [0.29, 0.717) is 0 Å². The van der Waals surface area contributed by atoms with E-state index in [9.17, 15) is 8.42 Å². The highest BCUT2D eigenvalue weighted by atomic mass is 32.2. The molecule has 0 N–H and O–H groups in total. The van der Waals surface area contributed by atoms with Gasteiger partial charge in [-0.1, -0.05) is 42.5 Å². The molecule has 1 aliphatic heterocycles. The van der Waals surface area contributed by atoms with E-state index in [0.717, 1.165) is 31.5 Å². The van der Waals surface area contributed by atoms with Gasteiger partial charge in [-0.25, -0.2) is 8.42 Å². The van der Waals surface area contributed by atoms with Crippen LogP contribution in [0.25, 0.3) is 0 Å². The molecule has 0 fully saturated rings. The first-order valence-electron chi connectivity index (χ1n) is 9.64. The van der Waals surface area contributed by atoms with Gasteiger partial charge in [0.05, 0.1) is 11.0 Å². The van der Waals surface area contributed by atoms with Gasteiger partial charge in [-0.15, -0.1) is 0 Å². The first-order chi connectivity index (χ1) is 12.8. The maximum Gasteiger partial charge on any atom is 0.156 e. The van der Waals surface area contributed by atoms with Crippen LogP contribution in [-0.2, 0) is 28.4 Å². The molecule has 0 saturated heterocycles. The predicted octanol–water partition coefficient (Wildman–Crippen LogP) is 4.48. The van der Waals surface area contributed by atoms with E-state index in [4.69, 9.17) is 0 Å². The highest BCUT2D eigenvalue weighted by Gasteiger charge is 2.16. The number of hydrogen-bond acceptors (Lipinski definition) is 3. The summed E-state index contributed by atoms with van der Waals surface area (Å²) in [5.74, 6) is 0.122. The average Bonchev–Trinajstić information content (AvgIpc) is 3.16. The fourth-order valence-electron chi connectivity index (χ4n) is 3.33. The molecule has 0 spiro atoms. The Morgan fingerprint density at radius 2 is 1.56 bits per heavy atom. The maximum atomic E-state index is 12.0. The number of aryl methyl sites for hydroxylation is 3. The number of sulfone groups is 1. The van der Waals surface area contributed by atoms with Crippen LogP contribution in [0.4, 0.5) is 5.69 Å². The van der Waals surface area contributed by atoms with Crippen molar-refractivity contribution in [2.45, 2.75) is 44.6 Å². The largest absolute Gasteiger partial charge is 0.364 e. The predicted molar refractivity (Wildman–Crippen MR) is 114 cm³/mol. The molecule has 0 saturated carbocycles. The van der Waals surface area contributed by atoms with Gasteiger partial charge in [-0.3, -0.25) is 0 Å². The van der Waals surface area contributed by atoms with Crippen molar-refractivity contribution < 1.29 is 8.42 Å². The van der Waals surface area contributed by atoms with Gasteiger partial charge >= 0.3 is 0 Å². The summed E-state index contributed by atoms with van der Waals surface area (Å²) in [7, 11) is -3.04. The molecule has 0 radical (unpaired) electrons. The third kappa shape index (κ3) is 5.01. The van der Waals surface area contributed by atoms with E-state index in [1.54, 1.807) is 13.8 Å². The molecule has 4 heteroatoms. The van der Waals surface area contributed by atoms with Crippen LogP contribution in [0.15, 0.2) is 54.6 Å². The van der Waals surface area contributed by atoms with Crippen molar-refractivity contribution in [3.05, 3.63) is 76.9 Å². The molecule has 0 atom stereocenters. The summed E-state index contributed by atoms with van der Waals surface area (Å²) >= 11 is 0. The minimum atomic E-state index is -3.04. The zero-order valence-corrected chi connectivity index (χ0v) is 17.3. The van der Waals surface area contributed by atoms with E-state index in [2.05, 4.69) is 54.3 Å². The van der Waals surface area contributed by atoms with Crippen LogP contribution in [0, 0.1) is 6.92 Å². The molecular formula is C23H29NO2S. The Morgan fingerprint density at radius 1 is 0.926 bits per heavy atom. The second-order valence-corrected chi connectivity index (χ2v) is 10.2. The number of benzene rings is 2. The smallest absolute Gasteiger partial charge is 0.156 e.